The molecule has 138 valence electrons. The first-order valence-electron chi connectivity index (χ1n) is 8.72. The number of amides is 2. The number of anilines is 1. The van der Waals surface area contributed by atoms with Gasteiger partial charge < -0.3 is 10.6 Å². The van der Waals surface area contributed by atoms with Crippen LogP contribution in [-0.4, -0.2) is 24.1 Å². The topological polar surface area (TPSA) is 58.2 Å². The van der Waals surface area contributed by atoms with Crippen LogP contribution >= 0.6 is 11.8 Å². The fraction of sp³-hybridized carbons (Fsp3) is 0.333. The molecule has 2 rings (SSSR count). The maximum atomic E-state index is 12.8. The lowest BCUT2D eigenvalue weighted by Gasteiger charge is -2.21. The predicted molar refractivity (Wildman–Crippen MR) is 109 cm³/mol. The molecule has 0 spiro atoms. The van der Waals surface area contributed by atoms with Gasteiger partial charge in [0.2, 0.25) is 5.91 Å². The first-order valence-corrected chi connectivity index (χ1v) is 9.95. The Bertz CT molecular complexity index is 774. The van der Waals surface area contributed by atoms with Crippen molar-refractivity contribution in [2.24, 2.45) is 5.92 Å². The van der Waals surface area contributed by atoms with Gasteiger partial charge in [-0.3, -0.25) is 9.59 Å². The van der Waals surface area contributed by atoms with Gasteiger partial charge in [-0.2, -0.15) is 0 Å². The minimum Gasteiger partial charge on any atom is -0.340 e. The summed E-state index contributed by atoms with van der Waals surface area (Å²) in [7, 11) is 0. The third-order valence-electron chi connectivity index (χ3n) is 4.08. The van der Waals surface area contributed by atoms with Gasteiger partial charge >= 0.3 is 0 Å². The van der Waals surface area contributed by atoms with Crippen molar-refractivity contribution in [3.8, 4) is 0 Å². The molecule has 5 heteroatoms. The van der Waals surface area contributed by atoms with E-state index in [-0.39, 0.29) is 17.7 Å². The number of benzene rings is 2. The van der Waals surface area contributed by atoms with Gasteiger partial charge in [-0.25, -0.2) is 0 Å². The number of nitrogens with one attached hydrogen (secondary N) is 2. The van der Waals surface area contributed by atoms with Gasteiger partial charge in [-0.15, -0.1) is 11.8 Å². The predicted octanol–water partition coefficient (Wildman–Crippen LogP) is 4.50. The molecule has 0 aliphatic rings. The summed E-state index contributed by atoms with van der Waals surface area (Å²) in [6.45, 7) is 5.97. The van der Waals surface area contributed by atoms with Crippen LogP contribution in [0.25, 0.3) is 0 Å². The van der Waals surface area contributed by atoms with E-state index in [9.17, 15) is 9.59 Å². The first-order chi connectivity index (χ1) is 12.4. The molecule has 0 bridgehead atoms. The molecule has 4 nitrogen and oxygen atoms in total. The minimum absolute atomic E-state index is 0.192. The summed E-state index contributed by atoms with van der Waals surface area (Å²) < 4.78 is 0. The zero-order chi connectivity index (χ0) is 19.1. The average Bonchev–Trinajstić information content (AvgIpc) is 2.61. The standard InChI is InChI=1S/C21H26N2O2S/c1-14(2)13-18(23-20(24)16-10-6-5-9-15(16)3)21(25)22-17-11-7-8-12-19(17)26-4/h5-12,14,18H,13H2,1-4H3,(H,22,25)(H,23,24)/t18-/m0/s1. The first kappa shape index (κ1) is 20.0. The molecule has 0 saturated carbocycles. The highest BCUT2D eigenvalue weighted by atomic mass is 32.2. The van der Waals surface area contributed by atoms with Crippen LogP contribution in [0.1, 0.15) is 36.2 Å². The molecule has 0 unspecified atom stereocenters. The van der Waals surface area contributed by atoms with E-state index in [1.165, 1.54) is 0 Å². The van der Waals surface area contributed by atoms with Crippen molar-refractivity contribution < 1.29 is 9.59 Å². The second kappa shape index (κ2) is 9.43. The zero-order valence-electron chi connectivity index (χ0n) is 15.7. The van der Waals surface area contributed by atoms with E-state index in [1.54, 1.807) is 17.8 Å². The molecule has 2 aromatic carbocycles. The van der Waals surface area contributed by atoms with Crippen LogP contribution in [0.2, 0.25) is 0 Å². The van der Waals surface area contributed by atoms with Crippen molar-refractivity contribution in [1.29, 1.82) is 0 Å². The fourth-order valence-electron chi connectivity index (χ4n) is 2.73. The number of carbonyl (C=O) groups is 2. The molecule has 0 aromatic heterocycles. The van der Waals surface area contributed by atoms with Crippen molar-refractivity contribution in [1.82, 2.24) is 5.32 Å². The average molecular weight is 371 g/mol. The molecular weight excluding hydrogens is 344 g/mol. The largest absolute Gasteiger partial charge is 0.340 e. The summed E-state index contributed by atoms with van der Waals surface area (Å²) in [5.41, 5.74) is 2.25. The summed E-state index contributed by atoms with van der Waals surface area (Å²) in [5.74, 6) is -0.136. The summed E-state index contributed by atoms with van der Waals surface area (Å²) in [4.78, 5) is 26.5. The van der Waals surface area contributed by atoms with Crippen LogP contribution in [0.5, 0.6) is 0 Å². The van der Waals surface area contributed by atoms with Crippen LogP contribution in [0.4, 0.5) is 5.69 Å². The Morgan fingerprint density at radius 1 is 1.04 bits per heavy atom. The van der Waals surface area contributed by atoms with Crippen molar-refractivity contribution in [3.05, 3.63) is 59.7 Å². The zero-order valence-corrected chi connectivity index (χ0v) is 16.5. The van der Waals surface area contributed by atoms with Crippen LogP contribution < -0.4 is 10.6 Å². The molecule has 0 fully saturated rings. The number of rotatable bonds is 7. The highest BCUT2D eigenvalue weighted by Gasteiger charge is 2.23. The highest BCUT2D eigenvalue weighted by Crippen LogP contribution is 2.25. The third-order valence-corrected chi connectivity index (χ3v) is 4.88. The fourth-order valence-corrected chi connectivity index (χ4v) is 3.29. The monoisotopic (exact) mass is 370 g/mol. The molecule has 0 aliphatic heterocycles. The molecule has 2 aromatic rings. The number of carbonyl (C=O) groups excluding carboxylic acids is 2. The van der Waals surface area contributed by atoms with Crippen molar-refractivity contribution in [2.45, 2.75) is 38.1 Å². The summed E-state index contributed by atoms with van der Waals surface area (Å²) in [6, 6.07) is 14.5. The van der Waals surface area contributed by atoms with Crippen LogP contribution in [0, 0.1) is 12.8 Å². The molecule has 2 N–H and O–H groups in total. The lowest BCUT2D eigenvalue weighted by molar-refractivity contribution is -0.118. The van der Waals surface area contributed by atoms with Crippen LogP contribution in [0.15, 0.2) is 53.4 Å². The van der Waals surface area contributed by atoms with E-state index in [1.807, 2.05) is 69.5 Å². The van der Waals surface area contributed by atoms with Gasteiger partial charge in [0.15, 0.2) is 0 Å². The Morgan fingerprint density at radius 2 is 1.69 bits per heavy atom. The molecule has 0 saturated heterocycles. The summed E-state index contributed by atoms with van der Waals surface area (Å²) in [6.07, 6.45) is 2.54. The molecule has 2 amide bonds. The lowest BCUT2D eigenvalue weighted by Crippen LogP contribution is -2.44. The molecule has 0 heterocycles. The van der Waals surface area contributed by atoms with Gasteiger partial charge in [0.05, 0.1) is 5.69 Å². The van der Waals surface area contributed by atoms with E-state index in [0.29, 0.717) is 12.0 Å². The Kier molecular flexibility index (Phi) is 7.27. The van der Waals surface area contributed by atoms with Crippen LogP contribution in [0.3, 0.4) is 0 Å². The van der Waals surface area contributed by atoms with E-state index in [4.69, 9.17) is 0 Å². The minimum atomic E-state index is -0.586. The molecule has 26 heavy (non-hydrogen) atoms. The number of aryl methyl sites for hydroxylation is 1. The van der Waals surface area contributed by atoms with Gasteiger partial charge in [-0.1, -0.05) is 44.2 Å². The Hall–Kier alpha value is -2.27. The smallest absolute Gasteiger partial charge is 0.252 e. The Balaban J connectivity index is 2.17. The van der Waals surface area contributed by atoms with Gasteiger partial charge in [0.1, 0.15) is 6.04 Å². The Labute approximate surface area is 159 Å². The maximum absolute atomic E-state index is 12.8. The number of para-hydroxylation sites is 1. The van der Waals surface area contributed by atoms with E-state index in [0.717, 1.165) is 16.1 Å². The number of thioether (sulfide) groups is 1. The van der Waals surface area contributed by atoms with E-state index < -0.39 is 6.04 Å². The Morgan fingerprint density at radius 3 is 2.35 bits per heavy atom. The second-order valence-electron chi connectivity index (χ2n) is 6.66. The van der Waals surface area contributed by atoms with Gasteiger partial charge in [-0.05, 0) is 49.3 Å². The van der Waals surface area contributed by atoms with Crippen LogP contribution in [-0.2, 0) is 4.79 Å². The third kappa shape index (κ3) is 5.36. The molecule has 1 atom stereocenters. The summed E-state index contributed by atoms with van der Waals surface area (Å²) >= 11 is 1.57. The molecule has 0 aliphatic carbocycles. The lowest BCUT2D eigenvalue weighted by atomic mass is 10.0. The summed E-state index contributed by atoms with van der Waals surface area (Å²) in [5, 5.41) is 5.87. The molecule has 0 radical (unpaired) electrons. The van der Waals surface area contributed by atoms with Crippen molar-refractivity contribution in [3.63, 3.8) is 0 Å². The van der Waals surface area contributed by atoms with Crippen molar-refractivity contribution in [2.75, 3.05) is 11.6 Å². The SMILES string of the molecule is CSc1ccccc1NC(=O)[C@H](CC(C)C)NC(=O)c1ccccc1C. The maximum Gasteiger partial charge on any atom is 0.252 e. The van der Waals surface area contributed by atoms with E-state index in [2.05, 4.69) is 10.6 Å². The second-order valence-corrected chi connectivity index (χ2v) is 7.51. The van der Waals surface area contributed by atoms with Crippen molar-refractivity contribution >= 4 is 29.3 Å². The quantitative estimate of drug-likeness (QED) is 0.706. The highest BCUT2D eigenvalue weighted by molar-refractivity contribution is 7.98. The number of hydrogen-bond donors (Lipinski definition) is 2. The van der Waals surface area contributed by atoms with Gasteiger partial charge in [0, 0.05) is 10.5 Å². The van der Waals surface area contributed by atoms with E-state index >= 15 is 0 Å². The normalized spacial score (nSPS) is 11.9. The van der Waals surface area contributed by atoms with Gasteiger partial charge in [0.25, 0.3) is 5.91 Å². The number of hydrogen-bond acceptors (Lipinski definition) is 3. The molecular formula is C21H26N2O2S.